The van der Waals surface area contributed by atoms with E-state index >= 15 is 0 Å². The van der Waals surface area contributed by atoms with Gasteiger partial charge in [-0.1, -0.05) is 13.3 Å². The van der Waals surface area contributed by atoms with E-state index in [9.17, 15) is 14.4 Å². The molecule has 1 N–H and O–H groups in total. The maximum Gasteiger partial charge on any atom is 0.337 e. The summed E-state index contributed by atoms with van der Waals surface area (Å²) in [4.78, 5) is 40.3. The lowest BCUT2D eigenvalue weighted by Crippen LogP contribution is -2.43. The van der Waals surface area contributed by atoms with Gasteiger partial charge in [0.1, 0.15) is 23.5 Å². The number of nitrogens with one attached hydrogen (secondary N) is 1. The lowest BCUT2D eigenvalue weighted by atomic mass is 9.69. The van der Waals surface area contributed by atoms with Gasteiger partial charge in [0.15, 0.2) is 5.78 Å². The molecule has 1 saturated carbocycles. The highest BCUT2D eigenvalue weighted by Gasteiger charge is 2.48. The van der Waals surface area contributed by atoms with E-state index in [1.807, 2.05) is 13.8 Å². The lowest BCUT2D eigenvalue weighted by molar-refractivity contribution is -0.151. The Kier molecular flexibility index (Phi) is 7.71. The second-order valence-corrected chi connectivity index (χ2v) is 9.81. The Bertz CT molecular complexity index is 1110. The number of ketones is 1. The number of rotatable bonds is 6. The van der Waals surface area contributed by atoms with Crippen LogP contribution in [0, 0.1) is 11.8 Å². The van der Waals surface area contributed by atoms with Gasteiger partial charge in [0.2, 0.25) is 0 Å². The number of hydrogen-bond donors (Lipinski definition) is 1. The molecule has 1 heterocycles. The number of methoxy groups -OCH3 is 3. The van der Waals surface area contributed by atoms with Crippen LogP contribution in [0.3, 0.4) is 0 Å². The van der Waals surface area contributed by atoms with Gasteiger partial charge in [0, 0.05) is 22.5 Å². The monoisotopic (exact) mass is 497 g/mol. The first kappa shape index (κ1) is 25.8. The first-order chi connectivity index (χ1) is 17.3. The highest BCUT2D eigenvalue weighted by molar-refractivity contribution is 6.12. The predicted molar refractivity (Wildman–Crippen MR) is 132 cm³/mol. The zero-order valence-corrected chi connectivity index (χ0v) is 21.6. The Morgan fingerprint density at radius 3 is 2.39 bits per heavy atom. The molecule has 0 saturated heterocycles. The zero-order chi connectivity index (χ0) is 26.0. The molecule has 1 aromatic carbocycles. The molecule has 8 heteroatoms. The maximum absolute atomic E-state index is 13.9. The summed E-state index contributed by atoms with van der Waals surface area (Å²) in [5.41, 5.74) is 2.65. The fourth-order valence-corrected chi connectivity index (χ4v) is 5.72. The number of Topliss-reactive ketones (excluding diaryl/α,β-unsaturated/α-hetero) is 1. The summed E-state index contributed by atoms with van der Waals surface area (Å²) in [5, 5.41) is 3.30. The molecular weight excluding hydrogens is 462 g/mol. The highest BCUT2D eigenvalue weighted by Crippen LogP contribution is 2.48. The second-order valence-electron chi connectivity index (χ2n) is 9.81. The summed E-state index contributed by atoms with van der Waals surface area (Å²) in [5.74, 6) is -2.32. The van der Waals surface area contributed by atoms with Gasteiger partial charge in [-0.25, -0.2) is 4.79 Å². The van der Waals surface area contributed by atoms with Crippen LogP contribution in [0.15, 0.2) is 40.7 Å². The largest absolute Gasteiger partial charge is 0.497 e. The molecule has 0 radical (unpaired) electrons. The van der Waals surface area contributed by atoms with E-state index < -0.39 is 23.8 Å². The highest BCUT2D eigenvalue weighted by atomic mass is 16.5. The molecular formula is C28H35NO7. The summed E-state index contributed by atoms with van der Waals surface area (Å²) in [6, 6.07) is 5.29. The normalized spacial score (nSPS) is 24.6. The molecule has 3 atom stereocenters. The van der Waals surface area contributed by atoms with E-state index in [-0.39, 0.29) is 17.8 Å². The number of allylic oxidation sites excluding steroid dienone is 3. The molecule has 2 aliphatic carbocycles. The molecule has 0 bridgehead atoms. The topological polar surface area (TPSA) is 100 Å². The fraction of sp³-hybridized carbons (Fsp3) is 0.536. The molecule has 4 rings (SSSR count). The van der Waals surface area contributed by atoms with Gasteiger partial charge in [0.05, 0.1) is 32.8 Å². The van der Waals surface area contributed by atoms with Crippen LogP contribution >= 0.6 is 0 Å². The molecule has 0 spiro atoms. The van der Waals surface area contributed by atoms with Gasteiger partial charge < -0.3 is 24.3 Å². The predicted octanol–water partition coefficient (Wildman–Crippen LogP) is 4.19. The average molecular weight is 498 g/mol. The lowest BCUT2D eigenvalue weighted by Gasteiger charge is -2.39. The van der Waals surface area contributed by atoms with Crippen molar-refractivity contribution >= 4 is 17.7 Å². The van der Waals surface area contributed by atoms with Gasteiger partial charge in [-0.05, 0) is 63.1 Å². The summed E-state index contributed by atoms with van der Waals surface area (Å²) in [7, 11) is 4.38. The Hall–Kier alpha value is -3.29. The van der Waals surface area contributed by atoms with Crippen molar-refractivity contribution in [1.29, 1.82) is 0 Å². The standard InChI is InChI=1S/C28H35NO7/c1-15-13-20-25(26(30)22(15)27(31)35-5)24(19-14-18(33-3)11-12-21(19)34-4)23(16(2)29-20)28(32)36-17-9-7-6-8-10-17/h11-12,14-15,17,22,24,29H,6-10,13H2,1-5H3/t15-,22+,24-/m0/s1. The first-order valence-corrected chi connectivity index (χ1v) is 12.6. The number of carbonyl (C=O) groups excluding carboxylic acids is 3. The van der Waals surface area contributed by atoms with Crippen LogP contribution in [-0.2, 0) is 23.9 Å². The molecule has 36 heavy (non-hydrogen) atoms. The minimum atomic E-state index is -0.955. The van der Waals surface area contributed by atoms with Crippen LogP contribution in [0.25, 0.3) is 0 Å². The number of carbonyl (C=O) groups is 3. The molecule has 1 aromatic rings. The minimum absolute atomic E-state index is 0.153. The van der Waals surface area contributed by atoms with Crippen molar-refractivity contribution < 1.29 is 33.3 Å². The molecule has 0 unspecified atom stereocenters. The molecule has 0 amide bonds. The zero-order valence-electron chi connectivity index (χ0n) is 21.6. The Morgan fingerprint density at radius 2 is 1.75 bits per heavy atom. The van der Waals surface area contributed by atoms with Crippen molar-refractivity contribution in [3.05, 3.63) is 46.3 Å². The van der Waals surface area contributed by atoms with E-state index in [1.54, 1.807) is 32.4 Å². The smallest absolute Gasteiger partial charge is 0.337 e. The van der Waals surface area contributed by atoms with Gasteiger partial charge in [-0.15, -0.1) is 0 Å². The third-order valence-electron chi connectivity index (χ3n) is 7.54. The summed E-state index contributed by atoms with van der Waals surface area (Å²) in [6.07, 6.45) is 5.15. The van der Waals surface area contributed by atoms with Crippen molar-refractivity contribution in [2.75, 3.05) is 21.3 Å². The quantitative estimate of drug-likeness (QED) is 0.461. The Labute approximate surface area is 212 Å². The van der Waals surface area contributed by atoms with Crippen molar-refractivity contribution in [1.82, 2.24) is 5.32 Å². The van der Waals surface area contributed by atoms with Crippen LogP contribution in [0.1, 0.15) is 63.9 Å². The molecule has 0 aromatic heterocycles. The van der Waals surface area contributed by atoms with E-state index in [1.165, 1.54) is 7.11 Å². The van der Waals surface area contributed by atoms with Gasteiger partial charge in [-0.2, -0.15) is 0 Å². The van der Waals surface area contributed by atoms with Gasteiger partial charge >= 0.3 is 11.9 Å². The number of hydrogen-bond acceptors (Lipinski definition) is 8. The molecule has 1 fully saturated rings. The van der Waals surface area contributed by atoms with E-state index in [0.717, 1.165) is 32.1 Å². The molecule has 8 nitrogen and oxygen atoms in total. The first-order valence-electron chi connectivity index (χ1n) is 12.6. The van der Waals surface area contributed by atoms with Crippen molar-refractivity contribution in [2.24, 2.45) is 11.8 Å². The van der Waals surface area contributed by atoms with Crippen molar-refractivity contribution in [3.63, 3.8) is 0 Å². The van der Waals surface area contributed by atoms with Gasteiger partial charge in [0.25, 0.3) is 0 Å². The van der Waals surface area contributed by atoms with Crippen molar-refractivity contribution in [2.45, 2.75) is 64.4 Å². The molecule has 194 valence electrons. The minimum Gasteiger partial charge on any atom is -0.497 e. The third kappa shape index (κ3) is 4.73. The van der Waals surface area contributed by atoms with Crippen LogP contribution < -0.4 is 14.8 Å². The van der Waals surface area contributed by atoms with E-state index in [4.69, 9.17) is 18.9 Å². The van der Waals surface area contributed by atoms with E-state index in [0.29, 0.717) is 46.0 Å². The van der Waals surface area contributed by atoms with Gasteiger partial charge in [-0.3, -0.25) is 9.59 Å². The molecule has 3 aliphatic rings. The van der Waals surface area contributed by atoms with Crippen LogP contribution in [0.2, 0.25) is 0 Å². The summed E-state index contributed by atoms with van der Waals surface area (Å²) in [6.45, 7) is 3.68. The Morgan fingerprint density at radius 1 is 1.03 bits per heavy atom. The number of ether oxygens (including phenoxy) is 4. The Balaban J connectivity index is 1.86. The summed E-state index contributed by atoms with van der Waals surface area (Å²) >= 11 is 0. The number of dihydropyridines is 1. The van der Waals surface area contributed by atoms with Crippen LogP contribution in [-0.4, -0.2) is 45.2 Å². The van der Waals surface area contributed by atoms with Crippen molar-refractivity contribution in [3.8, 4) is 11.5 Å². The number of benzene rings is 1. The van der Waals surface area contributed by atoms with Crippen LogP contribution in [0.4, 0.5) is 0 Å². The molecule has 1 aliphatic heterocycles. The van der Waals surface area contributed by atoms with E-state index in [2.05, 4.69) is 5.32 Å². The maximum atomic E-state index is 13.9. The number of esters is 2. The fourth-order valence-electron chi connectivity index (χ4n) is 5.72. The summed E-state index contributed by atoms with van der Waals surface area (Å²) < 4.78 is 22.1. The average Bonchev–Trinajstić information content (AvgIpc) is 2.87. The SMILES string of the molecule is COC(=O)[C@H]1C(=O)C2=C(C[C@@H]1C)NC(C)=C(C(=O)OC1CCCCC1)[C@@H]2c1cc(OC)ccc1OC. The van der Waals surface area contributed by atoms with Crippen LogP contribution in [0.5, 0.6) is 11.5 Å². The third-order valence-corrected chi connectivity index (χ3v) is 7.54. The second kappa shape index (κ2) is 10.8.